The van der Waals surface area contributed by atoms with Crippen molar-refractivity contribution in [3.8, 4) is 0 Å². The molecule has 4 aliphatic carbocycles. The summed E-state index contributed by atoms with van der Waals surface area (Å²) in [6.45, 7) is 6.46. The van der Waals surface area contributed by atoms with Gasteiger partial charge in [-0.3, -0.25) is 4.79 Å². The summed E-state index contributed by atoms with van der Waals surface area (Å²) >= 11 is 0. The number of carbonyl (C=O) groups is 1. The number of nitrogens with zero attached hydrogens (tertiary/aromatic N) is 1. The monoisotopic (exact) mass is 359 g/mol. The van der Waals surface area contributed by atoms with Crippen molar-refractivity contribution in [2.45, 2.75) is 90.7 Å². The van der Waals surface area contributed by atoms with Gasteiger partial charge < -0.3 is 4.74 Å². The van der Waals surface area contributed by atoms with Gasteiger partial charge in [0.25, 0.3) is 0 Å². The molecule has 144 valence electrons. The van der Waals surface area contributed by atoms with E-state index in [9.17, 15) is 9.59 Å². The maximum atomic E-state index is 11.6. The lowest BCUT2D eigenvalue weighted by atomic mass is 9.45. The van der Waals surface area contributed by atoms with Crippen LogP contribution in [0, 0.1) is 34.5 Å². The van der Waals surface area contributed by atoms with Gasteiger partial charge in [0.2, 0.25) is 6.08 Å². The van der Waals surface area contributed by atoms with Crippen molar-refractivity contribution in [3.05, 3.63) is 0 Å². The SMILES string of the molecule is CC(=O)OC1CCC2C3CCC4CC(N=C=O)CCC4(C)C3CCC12C. The number of aliphatic imine (C=N–C) groups is 1. The Hall–Kier alpha value is -1.15. The highest BCUT2D eigenvalue weighted by atomic mass is 16.5. The lowest BCUT2D eigenvalue weighted by Gasteiger charge is -2.60. The summed E-state index contributed by atoms with van der Waals surface area (Å²) in [6, 6.07) is 0.204. The van der Waals surface area contributed by atoms with Crippen LogP contribution in [0.5, 0.6) is 0 Å². The highest BCUT2D eigenvalue weighted by Gasteiger charge is 2.61. The number of rotatable bonds is 2. The zero-order valence-electron chi connectivity index (χ0n) is 16.5. The normalized spacial score (nSPS) is 50.0. The number of fused-ring (bicyclic) bond motifs is 5. The maximum Gasteiger partial charge on any atom is 0.302 e. The Bertz CT molecular complexity index is 627. The first-order chi connectivity index (χ1) is 12.4. The van der Waals surface area contributed by atoms with E-state index in [1.807, 2.05) is 0 Å². The van der Waals surface area contributed by atoms with Crippen LogP contribution in [-0.2, 0) is 14.3 Å². The summed E-state index contributed by atoms with van der Waals surface area (Å²) in [4.78, 5) is 26.3. The predicted molar refractivity (Wildman–Crippen MR) is 99.2 cm³/mol. The van der Waals surface area contributed by atoms with Crippen molar-refractivity contribution in [1.29, 1.82) is 0 Å². The molecule has 0 aromatic carbocycles. The minimum absolute atomic E-state index is 0.120. The van der Waals surface area contributed by atoms with Gasteiger partial charge in [-0.2, -0.15) is 0 Å². The summed E-state index contributed by atoms with van der Waals surface area (Å²) in [7, 11) is 0. The van der Waals surface area contributed by atoms with Gasteiger partial charge in [0.05, 0.1) is 6.04 Å². The van der Waals surface area contributed by atoms with Crippen molar-refractivity contribution >= 4 is 12.0 Å². The largest absolute Gasteiger partial charge is 0.462 e. The van der Waals surface area contributed by atoms with Gasteiger partial charge in [0, 0.05) is 12.3 Å². The van der Waals surface area contributed by atoms with Gasteiger partial charge in [-0.25, -0.2) is 9.79 Å². The Balaban J connectivity index is 1.55. The van der Waals surface area contributed by atoms with E-state index >= 15 is 0 Å². The van der Waals surface area contributed by atoms with Crippen LogP contribution in [0.1, 0.15) is 78.6 Å². The Labute approximate surface area is 157 Å². The summed E-state index contributed by atoms with van der Waals surface area (Å²) in [5, 5.41) is 0. The smallest absolute Gasteiger partial charge is 0.302 e. The molecule has 0 saturated heterocycles. The molecule has 0 N–H and O–H groups in total. The van der Waals surface area contributed by atoms with E-state index in [4.69, 9.17) is 4.74 Å². The number of isocyanates is 1. The molecular weight excluding hydrogens is 326 g/mol. The molecule has 8 unspecified atom stereocenters. The van der Waals surface area contributed by atoms with E-state index in [2.05, 4.69) is 18.8 Å². The Kier molecular flexibility index (Phi) is 4.54. The molecule has 0 aromatic heterocycles. The average molecular weight is 360 g/mol. The van der Waals surface area contributed by atoms with Crippen LogP contribution in [0.25, 0.3) is 0 Å². The molecule has 4 saturated carbocycles. The van der Waals surface area contributed by atoms with E-state index in [0.717, 1.165) is 31.1 Å². The summed E-state index contributed by atoms with van der Waals surface area (Å²) in [5.74, 6) is 2.85. The number of esters is 1. The third kappa shape index (κ3) is 2.68. The van der Waals surface area contributed by atoms with Crippen molar-refractivity contribution in [1.82, 2.24) is 0 Å². The summed E-state index contributed by atoms with van der Waals surface area (Å²) < 4.78 is 5.75. The van der Waals surface area contributed by atoms with Gasteiger partial charge in [-0.1, -0.05) is 13.8 Å². The van der Waals surface area contributed by atoms with Crippen LogP contribution in [0.2, 0.25) is 0 Å². The molecule has 4 fully saturated rings. The zero-order chi connectivity index (χ0) is 18.5. The first-order valence-corrected chi connectivity index (χ1v) is 10.6. The van der Waals surface area contributed by atoms with E-state index in [1.165, 1.54) is 38.5 Å². The first-order valence-electron chi connectivity index (χ1n) is 10.6. The predicted octanol–water partition coefficient (Wildman–Crippen LogP) is 4.67. The Morgan fingerprint density at radius 2 is 1.73 bits per heavy atom. The van der Waals surface area contributed by atoms with Crippen molar-refractivity contribution in [3.63, 3.8) is 0 Å². The number of hydrogen-bond acceptors (Lipinski definition) is 4. The van der Waals surface area contributed by atoms with E-state index in [-0.39, 0.29) is 23.5 Å². The second-order valence-electron chi connectivity index (χ2n) is 10.0. The molecule has 0 radical (unpaired) electrons. The zero-order valence-corrected chi connectivity index (χ0v) is 16.5. The average Bonchev–Trinajstić information content (AvgIpc) is 2.91. The molecule has 0 spiro atoms. The standard InChI is InChI=1S/C22H33NO3/c1-14(25)26-20-7-6-18-17-5-4-15-12-16(23-13-24)8-10-21(15,2)19(17)9-11-22(18,20)3/h15-20H,4-12H2,1-3H3. The number of hydrogen-bond donors (Lipinski definition) is 0. The van der Waals surface area contributed by atoms with Crippen molar-refractivity contribution in [2.75, 3.05) is 0 Å². The molecule has 0 amide bonds. The van der Waals surface area contributed by atoms with Crippen LogP contribution in [0.3, 0.4) is 0 Å². The van der Waals surface area contributed by atoms with Gasteiger partial charge in [0.15, 0.2) is 0 Å². The van der Waals surface area contributed by atoms with Crippen LogP contribution in [0.15, 0.2) is 4.99 Å². The fraction of sp³-hybridized carbons (Fsp3) is 0.909. The van der Waals surface area contributed by atoms with E-state index in [0.29, 0.717) is 17.3 Å². The Morgan fingerprint density at radius 1 is 1.00 bits per heavy atom. The van der Waals surface area contributed by atoms with Crippen LogP contribution in [0.4, 0.5) is 0 Å². The molecular formula is C22H33NO3. The first kappa shape index (κ1) is 18.2. The molecule has 0 aliphatic heterocycles. The highest BCUT2D eigenvalue weighted by Crippen LogP contribution is 2.66. The molecule has 4 rings (SSSR count). The molecule has 0 aromatic rings. The van der Waals surface area contributed by atoms with Gasteiger partial charge in [-0.15, -0.1) is 0 Å². The fourth-order valence-corrected chi connectivity index (χ4v) is 7.77. The summed E-state index contributed by atoms with van der Waals surface area (Å²) in [6.07, 6.45) is 12.5. The van der Waals surface area contributed by atoms with Crippen LogP contribution in [-0.4, -0.2) is 24.2 Å². The van der Waals surface area contributed by atoms with E-state index < -0.39 is 0 Å². The Morgan fingerprint density at radius 3 is 2.46 bits per heavy atom. The van der Waals surface area contributed by atoms with Crippen molar-refractivity contribution in [2.24, 2.45) is 39.5 Å². The van der Waals surface area contributed by atoms with Gasteiger partial charge >= 0.3 is 5.97 Å². The molecule has 4 nitrogen and oxygen atoms in total. The second-order valence-corrected chi connectivity index (χ2v) is 10.0. The van der Waals surface area contributed by atoms with Crippen molar-refractivity contribution < 1.29 is 14.3 Å². The quantitative estimate of drug-likeness (QED) is 0.409. The van der Waals surface area contributed by atoms with Crippen LogP contribution >= 0.6 is 0 Å². The lowest BCUT2D eigenvalue weighted by molar-refractivity contribution is -0.161. The summed E-state index contributed by atoms with van der Waals surface area (Å²) in [5.41, 5.74) is 0.577. The van der Waals surface area contributed by atoms with Gasteiger partial charge in [-0.05, 0) is 86.9 Å². The van der Waals surface area contributed by atoms with Crippen LogP contribution < -0.4 is 0 Å². The molecule has 0 heterocycles. The highest BCUT2D eigenvalue weighted by molar-refractivity contribution is 5.66. The molecule has 4 heteroatoms. The number of ether oxygens (including phenoxy) is 1. The molecule has 0 bridgehead atoms. The molecule has 4 aliphatic rings. The minimum Gasteiger partial charge on any atom is -0.462 e. The minimum atomic E-state index is -0.122. The maximum absolute atomic E-state index is 11.6. The second kappa shape index (κ2) is 6.48. The third-order valence-corrected chi connectivity index (χ3v) is 9.09. The topological polar surface area (TPSA) is 55.7 Å². The number of carbonyl (C=O) groups excluding carboxylic acids is 2. The third-order valence-electron chi connectivity index (χ3n) is 9.09. The molecule has 26 heavy (non-hydrogen) atoms. The fourth-order valence-electron chi connectivity index (χ4n) is 7.77. The molecule has 8 atom stereocenters. The van der Waals surface area contributed by atoms with Gasteiger partial charge in [0.1, 0.15) is 6.10 Å². The van der Waals surface area contributed by atoms with E-state index in [1.54, 1.807) is 13.0 Å². The lowest BCUT2D eigenvalue weighted by Crippen LogP contribution is -2.54.